The molecule has 1 amide bonds. The van der Waals surface area contributed by atoms with Gasteiger partial charge in [-0.2, -0.15) is 8.75 Å². The van der Waals surface area contributed by atoms with Crippen molar-refractivity contribution in [1.29, 1.82) is 0 Å². The highest BCUT2D eigenvalue weighted by atomic mass is 32.1. The van der Waals surface area contributed by atoms with Gasteiger partial charge in [-0.15, -0.1) is 0 Å². The van der Waals surface area contributed by atoms with E-state index >= 15 is 0 Å². The molecule has 1 aromatic carbocycles. The van der Waals surface area contributed by atoms with E-state index in [2.05, 4.69) is 43.1 Å². The number of anilines is 4. The summed E-state index contributed by atoms with van der Waals surface area (Å²) in [6.07, 6.45) is 7.60. The van der Waals surface area contributed by atoms with Crippen LogP contribution in [-0.4, -0.2) is 55.8 Å². The molecule has 0 radical (unpaired) electrons. The monoisotopic (exact) mass is 593 g/mol. The highest BCUT2D eigenvalue weighted by Crippen LogP contribution is 2.33. The number of aromatic nitrogens is 3. The van der Waals surface area contributed by atoms with Crippen LogP contribution in [0, 0.1) is 6.92 Å². The molecule has 0 aliphatic carbocycles. The maximum Gasteiger partial charge on any atom is 0.257 e. The van der Waals surface area contributed by atoms with Crippen LogP contribution in [0.2, 0.25) is 0 Å². The summed E-state index contributed by atoms with van der Waals surface area (Å²) in [4.78, 5) is 21.2. The lowest BCUT2D eigenvalue weighted by atomic mass is 10.1. The van der Waals surface area contributed by atoms with Gasteiger partial charge in [0, 0.05) is 44.3 Å². The van der Waals surface area contributed by atoms with Crippen LogP contribution in [-0.2, 0) is 6.54 Å². The van der Waals surface area contributed by atoms with E-state index in [-0.39, 0.29) is 17.2 Å². The van der Waals surface area contributed by atoms with Gasteiger partial charge in [-0.25, -0.2) is 0 Å². The Morgan fingerprint density at radius 1 is 0.976 bits per heavy atom. The first kappa shape index (κ1) is 32.4. The minimum absolute atomic E-state index is 0.116. The molecular weight excluding hydrogens is 550 g/mol. The summed E-state index contributed by atoms with van der Waals surface area (Å²) >= 11 is 1.04. The van der Waals surface area contributed by atoms with Crippen molar-refractivity contribution in [3.05, 3.63) is 71.9 Å². The SMILES string of the molecule is CC.CCCCC.Cc1ccc(CNc2nsnc2Nc2cccc(C(=O)N3CCN(c4ccncc4)CC3)c2O)o1. The molecule has 226 valence electrons. The van der Waals surface area contributed by atoms with Crippen molar-refractivity contribution in [2.75, 3.05) is 41.7 Å². The van der Waals surface area contributed by atoms with E-state index in [4.69, 9.17) is 4.42 Å². The lowest BCUT2D eigenvalue weighted by Crippen LogP contribution is -2.48. The summed E-state index contributed by atoms with van der Waals surface area (Å²) in [6, 6.07) is 12.8. The van der Waals surface area contributed by atoms with Crippen LogP contribution in [0.4, 0.5) is 23.0 Å². The van der Waals surface area contributed by atoms with E-state index in [1.54, 1.807) is 35.5 Å². The minimum Gasteiger partial charge on any atom is -0.505 e. The molecular formula is C31H43N7O3S. The van der Waals surface area contributed by atoms with Crippen molar-refractivity contribution in [2.45, 2.75) is 60.4 Å². The number of para-hydroxylation sites is 1. The van der Waals surface area contributed by atoms with Crippen molar-refractivity contribution in [2.24, 2.45) is 0 Å². The largest absolute Gasteiger partial charge is 0.505 e. The standard InChI is InChI=1S/C24H25N7O3S.C5H12.C2H6/c1-16-5-6-18(34-16)15-26-22-23(29-35-28-22)27-20-4-2-3-19(21(20)32)24(33)31-13-11-30(12-14-31)17-7-9-25-10-8-17;1-3-5-4-2;1-2/h2-10,32H,11-15H2,1H3,(H,26,28)(H,27,29);3-5H2,1-2H3;1-2H3. The quantitative estimate of drug-likeness (QED) is 0.175. The number of nitrogens with one attached hydrogen (secondary N) is 2. The van der Waals surface area contributed by atoms with E-state index in [1.165, 1.54) is 19.3 Å². The number of carbonyl (C=O) groups excluding carboxylic acids is 1. The number of furan rings is 1. The minimum atomic E-state index is -0.205. The predicted octanol–water partition coefficient (Wildman–Crippen LogP) is 7.08. The van der Waals surface area contributed by atoms with E-state index in [9.17, 15) is 9.90 Å². The number of rotatable bonds is 9. The third kappa shape index (κ3) is 8.94. The summed E-state index contributed by atoms with van der Waals surface area (Å²) in [5, 5.41) is 17.2. The predicted molar refractivity (Wildman–Crippen MR) is 171 cm³/mol. The number of piperazine rings is 1. The molecule has 0 saturated carbocycles. The molecule has 42 heavy (non-hydrogen) atoms. The first-order chi connectivity index (χ1) is 20.5. The Hall–Kier alpha value is -4.12. The molecule has 3 N–H and O–H groups in total. The number of phenolic OH excluding ortho intramolecular Hbond substituents is 1. The van der Waals surface area contributed by atoms with Gasteiger partial charge in [-0.3, -0.25) is 9.78 Å². The van der Waals surface area contributed by atoms with Crippen molar-refractivity contribution < 1.29 is 14.3 Å². The summed E-state index contributed by atoms with van der Waals surface area (Å²) in [5.74, 6) is 2.29. The van der Waals surface area contributed by atoms with Gasteiger partial charge in [0.2, 0.25) is 0 Å². The molecule has 1 fully saturated rings. The Morgan fingerprint density at radius 3 is 2.29 bits per heavy atom. The molecule has 0 unspecified atom stereocenters. The van der Waals surface area contributed by atoms with Crippen molar-refractivity contribution in [3.63, 3.8) is 0 Å². The van der Waals surface area contributed by atoms with Crippen LogP contribution < -0.4 is 15.5 Å². The number of amides is 1. The van der Waals surface area contributed by atoms with Crippen molar-refractivity contribution >= 4 is 40.6 Å². The summed E-state index contributed by atoms with van der Waals surface area (Å²) in [5.41, 5.74) is 1.72. The molecule has 4 aromatic rings. The third-order valence-corrected chi connectivity index (χ3v) is 7.06. The van der Waals surface area contributed by atoms with Crippen molar-refractivity contribution in [3.8, 4) is 5.75 Å². The van der Waals surface area contributed by atoms with Crippen LogP contribution in [0.3, 0.4) is 0 Å². The number of hydrogen-bond donors (Lipinski definition) is 3. The lowest BCUT2D eigenvalue weighted by Gasteiger charge is -2.36. The Bertz CT molecular complexity index is 1350. The number of nitrogens with zero attached hydrogens (tertiary/aromatic N) is 5. The fourth-order valence-electron chi connectivity index (χ4n) is 4.33. The molecule has 0 spiro atoms. The van der Waals surface area contributed by atoms with Gasteiger partial charge in [0.05, 0.1) is 29.5 Å². The molecule has 11 heteroatoms. The maximum atomic E-state index is 13.2. The van der Waals surface area contributed by atoms with Gasteiger partial charge in [-0.1, -0.05) is 53.0 Å². The molecule has 1 saturated heterocycles. The van der Waals surface area contributed by atoms with Crippen molar-refractivity contribution in [1.82, 2.24) is 18.6 Å². The highest BCUT2D eigenvalue weighted by Gasteiger charge is 2.25. The zero-order valence-corrected chi connectivity index (χ0v) is 26.1. The van der Waals surface area contributed by atoms with Crippen LogP contribution in [0.1, 0.15) is 68.8 Å². The van der Waals surface area contributed by atoms with E-state index in [1.807, 2.05) is 45.0 Å². The number of aryl methyl sites for hydroxylation is 1. The number of unbranched alkanes of at least 4 members (excludes halogenated alkanes) is 2. The number of hydrogen-bond acceptors (Lipinski definition) is 10. The zero-order valence-electron chi connectivity index (χ0n) is 25.3. The van der Waals surface area contributed by atoms with Gasteiger partial charge in [0.15, 0.2) is 17.4 Å². The second kappa shape index (κ2) is 17.0. The van der Waals surface area contributed by atoms with Gasteiger partial charge >= 0.3 is 0 Å². The van der Waals surface area contributed by atoms with Gasteiger partial charge < -0.3 is 30.0 Å². The molecule has 3 aromatic heterocycles. The van der Waals surface area contributed by atoms with E-state index in [0.29, 0.717) is 50.0 Å². The first-order valence-corrected chi connectivity index (χ1v) is 15.4. The Kier molecular flexibility index (Phi) is 13.1. The van der Waals surface area contributed by atoms with Gasteiger partial charge in [0.1, 0.15) is 11.5 Å². The molecule has 0 atom stereocenters. The van der Waals surface area contributed by atoms with Crippen LogP contribution in [0.15, 0.2) is 59.3 Å². The van der Waals surface area contributed by atoms with Gasteiger partial charge in [-0.05, 0) is 43.3 Å². The molecule has 10 nitrogen and oxygen atoms in total. The number of carbonyl (C=O) groups is 1. The number of benzene rings is 1. The molecule has 4 heterocycles. The lowest BCUT2D eigenvalue weighted by molar-refractivity contribution is 0.0744. The normalized spacial score (nSPS) is 12.5. The first-order valence-electron chi connectivity index (χ1n) is 14.6. The maximum absolute atomic E-state index is 13.2. The topological polar surface area (TPSA) is 120 Å². The van der Waals surface area contributed by atoms with E-state index in [0.717, 1.165) is 28.9 Å². The number of pyridine rings is 1. The summed E-state index contributed by atoms with van der Waals surface area (Å²) < 4.78 is 14.1. The molecule has 1 aliphatic rings. The third-order valence-electron chi connectivity index (χ3n) is 6.54. The molecule has 5 rings (SSSR count). The fourth-order valence-corrected chi connectivity index (χ4v) is 4.82. The molecule has 0 bridgehead atoms. The Balaban J connectivity index is 0.000000627. The van der Waals surface area contributed by atoms with E-state index < -0.39 is 0 Å². The molecule has 1 aliphatic heterocycles. The second-order valence-electron chi connectivity index (χ2n) is 9.49. The highest BCUT2D eigenvalue weighted by molar-refractivity contribution is 6.99. The zero-order chi connectivity index (χ0) is 30.3. The van der Waals surface area contributed by atoms with Crippen LogP contribution in [0.25, 0.3) is 0 Å². The number of phenols is 1. The fraction of sp³-hybridized carbons (Fsp3) is 0.419. The van der Waals surface area contributed by atoms with Gasteiger partial charge in [0.25, 0.3) is 5.91 Å². The Labute approximate surface area is 253 Å². The summed E-state index contributed by atoms with van der Waals surface area (Å²) in [7, 11) is 0. The van der Waals surface area contributed by atoms with Crippen LogP contribution in [0.5, 0.6) is 5.75 Å². The average molecular weight is 594 g/mol. The number of aromatic hydroxyl groups is 1. The summed E-state index contributed by atoms with van der Waals surface area (Å²) in [6.45, 7) is 13.3. The second-order valence-corrected chi connectivity index (χ2v) is 10.0. The smallest absolute Gasteiger partial charge is 0.257 e. The Morgan fingerprint density at radius 2 is 1.67 bits per heavy atom. The van der Waals surface area contributed by atoms with Crippen LogP contribution >= 0.6 is 11.7 Å². The average Bonchev–Trinajstić information content (AvgIpc) is 3.67.